The van der Waals surface area contributed by atoms with Gasteiger partial charge in [-0.05, 0) is 53.7 Å². The molecule has 0 saturated heterocycles. The molecular formula is C21H27N3. The summed E-state index contributed by atoms with van der Waals surface area (Å²) in [5.74, 6) is 0.896. The number of fused-ring (bicyclic) bond motifs is 3. The minimum Gasteiger partial charge on any atom is -0.351 e. The molecule has 3 aromatic rings. The van der Waals surface area contributed by atoms with Crippen LogP contribution in [-0.2, 0) is 0 Å². The molecule has 1 N–H and O–H groups in total. The fourth-order valence-corrected chi connectivity index (χ4v) is 2.94. The number of para-hydroxylation sites is 2. The Morgan fingerprint density at radius 1 is 0.792 bits per heavy atom. The molecule has 0 aliphatic rings. The molecule has 3 nitrogen and oxygen atoms in total. The molecule has 0 aliphatic heterocycles. The van der Waals surface area contributed by atoms with Gasteiger partial charge in [0.2, 0.25) is 5.96 Å². The molecule has 1 aromatic heterocycles. The van der Waals surface area contributed by atoms with E-state index in [9.17, 15) is 0 Å². The van der Waals surface area contributed by atoms with E-state index in [1.54, 1.807) is 0 Å². The van der Waals surface area contributed by atoms with Crippen molar-refractivity contribution in [1.29, 1.82) is 0 Å². The van der Waals surface area contributed by atoms with Crippen LogP contribution in [-0.4, -0.2) is 21.6 Å². The van der Waals surface area contributed by atoms with Crippen molar-refractivity contribution >= 4 is 27.8 Å². The zero-order chi connectivity index (χ0) is 17.5. The highest BCUT2D eigenvalue weighted by atomic mass is 15.2. The Kier molecular flexibility index (Phi) is 3.90. The molecule has 0 radical (unpaired) electrons. The molecule has 0 aliphatic carbocycles. The molecule has 0 saturated carbocycles. The molecular weight excluding hydrogens is 294 g/mol. The number of hydrogen-bond acceptors (Lipinski definition) is 1. The van der Waals surface area contributed by atoms with E-state index in [4.69, 9.17) is 4.99 Å². The van der Waals surface area contributed by atoms with Crippen molar-refractivity contribution in [2.24, 2.45) is 4.99 Å². The average Bonchev–Trinajstić information content (AvgIpc) is 2.78. The van der Waals surface area contributed by atoms with Crippen LogP contribution in [0.15, 0.2) is 53.5 Å². The summed E-state index contributed by atoms with van der Waals surface area (Å²) in [6.07, 6.45) is 0. The Balaban J connectivity index is 2.36. The van der Waals surface area contributed by atoms with E-state index in [2.05, 4.69) is 100.0 Å². The summed E-state index contributed by atoms with van der Waals surface area (Å²) < 4.78 is 2.25. The van der Waals surface area contributed by atoms with Gasteiger partial charge in [-0.1, -0.05) is 36.4 Å². The maximum absolute atomic E-state index is 5.01. The Morgan fingerprint density at radius 3 is 1.67 bits per heavy atom. The lowest BCUT2D eigenvalue weighted by atomic mass is 10.1. The van der Waals surface area contributed by atoms with Gasteiger partial charge in [0.05, 0.1) is 16.6 Å². The minimum atomic E-state index is -0.167. The van der Waals surface area contributed by atoms with E-state index in [1.165, 1.54) is 21.8 Å². The second-order valence-corrected chi connectivity index (χ2v) is 8.35. The van der Waals surface area contributed by atoms with E-state index in [1.807, 2.05) is 0 Å². The molecule has 3 heteroatoms. The van der Waals surface area contributed by atoms with Crippen LogP contribution < -0.4 is 5.32 Å². The van der Waals surface area contributed by atoms with Gasteiger partial charge in [-0.3, -0.25) is 4.57 Å². The summed E-state index contributed by atoms with van der Waals surface area (Å²) >= 11 is 0. The van der Waals surface area contributed by atoms with Gasteiger partial charge in [0.1, 0.15) is 0 Å². The summed E-state index contributed by atoms with van der Waals surface area (Å²) in [5, 5.41) is 6.12. The van der Waals surface area contributed by atoms with Crippen LogP contribution in [0.25, 0.3) is 21.8 Å². The topological polar surface area (TPSA) is 29.3 Å². The van der Waals surface area contributed by atoms with Gasteiger partial charge in [-0.25, -0.2) is 4.99 Å². The summed E-state index contributed by atoms with van der Waals surface area (Å²) in [5.41, 5.74) is 2.12. The number of nitrogens with zero attached hydrogens (tertiary/aromatic N) is 2. The van der Waals surface area contributed by atoms with Crippen LogP contribution >= 0.6 is 0 Å². The van der Waals surface area contributed by atoms with E-state index in [-0.39, 0.29) is 11.1 Å². The van der Waals surface area contributed by atoms with Crippen molar-refractivity contribution in [2.45, 2.75) is 52.6 Å². The molecule has 3 rings (SSSR count). The Hall–Kier alpha value is -2.29. The first-order chi connectivity index (χ1) is 11.2. The molecule has 2 aromatic carbocycles. The van der Waals surface area contributed by atoms with Gasteiger partial charge >= 0.3 is 0 Å². The predicted octanol–water partition coefficient (Wildman–Crippen LogP) is 5.19. The highest BCUT2D eigenvalue weighted by Gasteiger charge is 2.21. The lowest BCUT2D eigenvalue weighted by Crippen LogP contribution is -2.45. The molecule has 0 unspecified atom stereocenters. The number of aromatic nitrogens is 1. The lowest BCUT2D eigenvalue weighted by Gasteiger charge is -2.27. The normalized spacial score (nSPS) is 13.7. The van der Waals surface area contributed by atoms with Crippen LogP contribution in [0.2, 0.25) is 0 Å². The van der Waals surface area contributed by atoms with E-state index in [0.717, 1.165) is 5.96 Å². The third kappa shape index (κ3) is 3.30. The average molecular weight is 321 g/mol. The van der Waals surface area contributed by atoms with Crippen molar-refractivity contribution in [3.05, 3.63) is 48.5 Å². The molecule has 126 valence electrons. The van der Waals surface area contributed by atoms with Crippen molar-refractivity contribution in [1.82, 2.24) is 9.88 Å². The zero-order valence-electron chi connectivity index (χ0n) is 15.5. The number of aliphatic imine (C=N–C) groups is 1. The largest absolute Gasteiger partial charge is 0.351 e. The summed E-state index contributed by atoms with van der Waals surface area (Å²) in [4.78, 5) is 5.01. The number of hydrogen-bond donors (Lipinski definition) is 1. The van der Waals surface area contributed by atoms with Crippen LogP contribution in [0.1, 0.15) is 41.5 Å². The van der Waals surface area contributed by atoms with Gasteiger partial charge in [-0.15, -0.1) is 0 Å². The van der Waals surface area contributed by atoms with Crippen molar-refractivity contribution in [3.63, 3.8) is 0 Å². The third-order valence-electron chi connectivity index (χ3n) is 3.72. The predicted molar refractivity (Wildman–Crippen MR) is 105 cm³/mol. The fraction of sp³-hybridized carbons (Fsp3) is 0.381. The van der Waals surface area contributed by atoms with Gasteiger partial charge in [0, 0.05) is 16.3 Å². The Morgan fingerprint density at radius 2 is 1.25 bits per heavy atom. The molecule has 24 heavy (non-hydrogen) atoms. The Bertz CT molecular complexity index is 849. The van der Waals surface area contributed by atoms with Crippen molar-refractivity contribution < 1.29 is 0 Å². The maximum atomic E-state index is 5.01. The van der Waals surface area contributed by atoms with Crippen molar-refractivity contribution in [2.75, 3.05) is 0 Å². The number of nitrogens with one attached hydrogen (secondary N) is 1. The monoisotopic (exact) mass is 321 g/mol. The molecule has 1 heterocycles. The van der Waals surface area contributed by atoms with Gasteiger partial charge < -0.3 is 5.32 Å². The van der Waals surface area contributed by atoms with Gasteiger partial charge in [-0.2, -0.15) is 0 Å². The quantitative estimate of drug-likeness (QED) is 0.448. The van der Waals surface area contributed by atoms with Crippen LogP contribution in [0, 0.1) is 0 Å². The molecule has 0 fully saturated rings. The molecule has 0 atom stereocenters. The number of benzene rings is 2. The molecule has 0 amide bonds. The second-order valence-electron chi connectivity index (χ2n) is 8.35. The van der Waals surface area contributed by atoms with E-state index < -0.39 is 0 Å². The highest BCUT2D eigenvalue weighted by molar-refractivity contribution is 6.13. The summed E-state index contributed by atoms with van der Waals surface area (Å²) in [7, 11) is 0. The van der Waals surface area contributed by atoms with E-state index in [0.29, 0.717) is 0 Å². The maximum Gasteiger partial charge on any atom is 0.204 e. The van der Waals surface area contributed by atoms with Crippen LogP contribution in [0.4, 0.5) is 0 Å². The fourth-order valence-electron chi connectivity index (χ4n) is 2.94. The first kappa shape index (κ1) is 16.6. The second kappa shape index (κ2) is 5.66. The number of rotatable bonds is 0. The zero-order valence-corrected chi connectivity index (χ0v) is 15.5. The first-order valence-electron chi connectivity index (χ1n) is 8.52. The molecule has 0 bridgehead atoms. The minimum absolute atomic E-state index is 0.0729. The van der Waals surface area contributed by atoms with Gasteiger partial charge in [0.15, 0.2) is 0 Å². The third-order valence-corrected chi connectivity index (χ3v) is 3.72. The summed E-state index contributed by atoms with van der Waals surface area (Å²) in [6.45, 7) is 12.9. The van der Waals surface area contributed by atoms with E-state index >= 15 is 0 Å². The SMILES string of the molecule is CC(C)(C)N=C(NC(C)(C)C)n1c2ccccc2c2ccccc21. The van der Waals surface area contributed by atoms with Crippen LogP contribution in [0.5, 0.6) is 0 Å². The van der Waals surface area contributed by atoms with Crippen molar-refractivity contribution in [3.8, 4) is 0 Å². The van der Waals surface area contributed by atoms with Gasteiger partial charge in [0.25, 0.3) is 0 Å². The highest BCUT2D eigenvalue weighted by Crippen LogP contribution is 2.29. The van der Waals surface area contributed by atoms with Crippen LogP contribution in [0.3, 0.4) is 0 Å². The lowest BCUT2D eigenvalue weighted by molar-refractivity contribution is 0.494. The molecule has 0 spiro atoms. The Labute approximate surface area is 144 Å². The standard InChI is InChI=1S/C21H27N3/c1-20(2,3)22-19(23-21(4,5)6)24-17-13-9-7-11-15(17)16-12-8-10-14-18(16)24/h7-14H,1-6H3,(H,22,23). The summed E-state index contributed by atoms with van der Waals surface area (Å²) in [6, 6.07) is 17.1. The first-order valence-corrected chi connectivity index (χ1v) is 8.52. The smallest absolute Gasteiger partial charge is 0.204 e.